The van der Waals surface area contributed by atoms with Crippen molar-refractivity contribution in [2.24, 2.45) is 5.92 Å². The second-order valence-electron chi connectivity index (χ2n) is 4.52. The molecule has 98 valence electrons. The average molecular weight is 251 g/mol. The van der Waals surface area contributed by atoms with Gasteiger partial charge in [-0.1, -0.05) is 12.1 Å². The van der Waals surface area contributed by atoms with Crippen LogP contribution in [0.1, 0.15) is 19.3 Å². The quantitative estimate of drug-likeness (QED) is 0.871. The van der Waals surface area contributed by atoms with E-state index in [9.17, 15) is 9.18 Å². The molecule has 0 bridgehead atoms. The highest BCUT2D eigenvalue weighted by Gasteiger charge is 2.20. The largest absolute Gasteiger partial charge is 0.490 e. The van der Waals surface area contributed by atoms with Gasteiger partial charge in [-0.25, -0.2) is 4.39 Å². The Bertz CT molecular complexity index is 403. The first-order valence-electron chi connectivity index (χ1n) is 6.38. The van der Waals surface area contributed by atoms with Gasteiger partial charge in [0.1, 0.15) is 5.78 Å². The van der Waals surface area contributed by atoms with Gasteiger partial charge in [0.15, 0.2) is 11.6 Å². The predicted octanol–water partition coefficient (Wildman–Crippen LogP) is 2.16. The Morgan fingerprint density at radius 1 is 1.33 bits per heavy atom. The van der Waals surface area contributed by atoms with E-state index in [-0.39, 0.29) is 29.9 Å². The van der Waals surface area contributed by atoms with Crippen LogP contribution in [-0.2, 0) is 4.79 Å². The van der Waals surface area contributed by atoms with Gasteiger partial charge in [0.2, 0.25) is 0 Å². The minimum Gasteiger partial charge on any atom is -0.490 e. The standard InChI is InChI=1S/C14H18FNO2/c15-12-3-1-2-4-14(12)18-10-7-13(17)11-5-8-16-9-6-11/h1-4,11,16H,5-10H2. The third-order valence-electron chi connectivity index (χ3n) is 3.24. The van der Waals surface area contributed by atoms with Crippen LogP contribution in [0.4, 0.5) is 4.39 Å². The maximum Gasteiger partial charge on any atom is 0.165 e. The second kappa shape index (κ2) is 6.50. The Kier molecular flexibility index (Phi) is 4.70. The minimum absolute atomic E-state index is 0.149. The first kappa shape index (κ1) is 13.0. The summed E-state index contributed by atoms with van der Waals surface area (Å²) in [5.74, 6) is 0.214. The molecule has 4 heteroatoms. The number of Topliss-reactive ketones (excluding diaryl/α,β-unsaturated/α-hetero) is 1. The molecule has 18 heavy (non-hydrogen) atoms. The molecule has 0 atom stereocenters. The van der Waals surface area contributed by atoms with Gasteiger partial charge < -0.3 is 10.1 Å². The van der Waals surface area contributed by atoms with Crippen LogP contribution in [0, 0.1) is 11.7 Å². The molecule has 1 aromatic rings. The van der Waals surface area contributed by atoms with Crippen molar-refractivity contribution in [1.82, 2.24) is 5.32 Å². The number of carbonyl (C=O) groups is 1. The Balaban J connectivity index is 1.75. The fourth-order valence-electron chi connectivity index (χ4n) is 2.17. The third kappa shape index (κ3) is 3.53. The zero-order valence-electron chi connectivity index (χ0n) is 10.3. The van der Waals surface area contributed by atoms with Crippen molar-refractivity contribution in [3.63, 3.8) is 0 Å². The van der Waals surface area contributed by atoms with E-state index in [1.165, 1.54) is 6.07 Å². The van der Waals surface area contributed by atoms with Gasteiger partial charge in [-0.15, -0.1) is 0 Å². The van der Waals surface area contributed by atoms with Crippen LogP contribution in [0.25, 0.3) is 0 Å². The predicted molar refractivity (Wildman–Crippen MR) is 67.1 cm³/mol. The number of piperidine rings is 1. The van der Waals surface area contributed by atoms with E-state index in [2.05, 4.69) is 5.32 Å². The number of carbonyl (C=O) groups excluding carboxylic acids is 1. The van der Waals surface area contributed by atoms with E-state index < -0.39 is 0 Å². The molecule has 1 aromatic carbocycles. The van der Waals surface area contributed by atoms with Gasteiger partial charge in [-0.2, -0.15) is 0 Å². The molecule has 1 fully saturated rings. The summed E-state index contributed by atoms with van der Waals surface area (Å²) in [7, 11) is 0. The van der Waals surface area contributed by atoms with Gasteiger partial charge in [0, 0.05) is 12.3 Å². The van der Waals surface area contributed by atoms with Gasteiger partial charge in [-0.3, -0.25) is 4.79 Å². The maximum atomic E-state index is 13.3. The van der Waals surface area contributed by atoms with Crippen LogP contribution in [0.5, 0.6) is 5.75 Å². The molecule has 1 N–H and O–H groups in total. The number of nitrogens with one attached hydrogen (secondary N) is 1. The summed E-state index contributed by atoms with van der Waals surface area (Å²) in [6, 6.07) is 6.25. The molecule has 0 amide bonds. The van der Waals surface area contributed by atoms with Crippen LogP contribution in [0.2, 0.25) is 0 Å². The van der Waals surface area contributed by atoms with Crippen LogP contribution in [0.3, 0.4) is 0 Å². The molecule has 2 rings (SSSR count). The number of halogens is 1. The van der Waals surface area contributed by atoms with Crippen molar-refractivity contribution in [2.75, 3.05) is 19.7 Å². The number of rotatable bonds is 5. The average Bonchev–Trinajstić information content (AvgIpc) is 2.42. The van der Waals surface area contributed by atoms with E-state index in [1.54, 1.807) is 18.2 Å². The van der Waals surface area contributed by atoms with E-state index in [0.29, 0.717) is 6.42 Å². The molecule has 0 radical (unpaired) electrons. The molecule has 0 unspecified atom stereocenters. The highest BCUT2D eigenvalue weighted by molar-refractivity contribution is 5.81. The fourth-order valence-corrected chi connectivity index (χ4v) is 2.17. The molecule has 0 aromatic heterocycles. The lowest BCUT2D eigenvalue weighted by Gasteiger charge is -2.21. The summed E-state index contributed by atoms with van der Waals surface area (Å²) >= 11 is 0. The summed E-state index contributed by atoms with van der Waals surface area (Å²) in [5, 5.41) is 3.23. The second-order valence-corrected chi connectivity index (χ2v) is 4.52. The van der Waals surface area contributed by atoms with Crippen molar-refractivity contribution in [1.29, 1.82) is 0 Å². The molecule has 1 aliphatic heterocycles. The Labute approximate surface area is 106 Å². The lowest BCUT2D eigenvalue weighted by atomic mass is 9.92. The molecule has 1 aliphatic rings. The van der Waals surface area contributed by atoms with Crippen molar-refractivity contribution < 1.29 is 13.9 Å². The van der Waals surface area contributed by atoms with Crippen molar-refractivity contribution in [3.8, 4) is 5.75 Å². The first-order chi connectivity index (χ1) is 8.77. The highest BCUT2D eigenvalue weighted by atomic mass is 19.1. The van der Waals surface area contributed by atoms with Crippen LogP contribution < -0.4 is 10.1 Å². The highest BCUT2D eigenvalue weighted by Crippen LogP contribution is 2.17. The number of benzene rings is 1. The molecule has 0 aliphatic carbocycles. The monoisotopic (exact) mass is 251 g/mol. The Morgan fingerprint density at radius 2 is 2.06 bits per heavy atom. The molecular weight excluding hydrogens is 233 g/mol. The number of ketones is 1. The minimum atomic E-state index is -0.383. The lowest BCUT2D eigenvalue weighted by Crippen LogP contribution is -2.32. The molecule has 0 spiro atoms. The molecule has 3 nitrogen and oxygen atoms in total. The van der Waals surface area contributed by atoms with Crippen molar-refractivity contribution in [2.45, 2.75) is 19.3 Å². The Morgan fingerprint density at radius 3 is 2.78 bits per heavy atom. The van der Waals surface area contributed by atoms with Gasteiger partial charge in [-0.05, 0) is 38.1 Å². The van der Waals surface area contributed by atoms with Crippen LogP contribution >= 0.6 is 0 Å². The summed E-state index contributed by atoms with van der Waals surface area (Å²) in [6.45, 7) is 2.07. The molecular formula is C14H18FNO2. The smallest absolute Gasteiger partial charge is 0.165 e. The molecule has 1 heterocycles. The summed E-state index contributed by atoms with van der Waals surface area (Å²) in [5.41, 5.74) is 0. The molecule has 0 saturated carbocycles. The topological polar surface area (TPSA) is 38.3 Å². The number of ether oxygens (including phenoxy) is 1. The van der Waals surface area contributed by atoms with Gasteiger partial charge in [0.05, 0.1) is 6.61 Å². The van der Waals surface area contributed by atoms with Crippen molar-refractivity contribution in [3.05, 3.63) is 30.1 Å². The van der Waals surface area contributed by atoms with Crippen molar-refractivity contribution >= 4 is 5.78 Å². The van der Waals surface area contributed by atoms with E-state index >= 15 is 0 Å². The third-order valence-corrected chi connectivity index (χ3v) is 3.24. The fraction of sp³-hybridized carbons (Fsp3) is 0.500. The lowest BCUT2D eigenvalue weighted by molar-refractivity contribution is -0.124. The van der Waals surface area contributed by atoms with Crippen LogP contribution in [-0.4, -0.2) is 25.5 Å². The van der Waals surface area contributed by atoms with Gasteiger partial charge in [0.25, 0.3) is 0 Å². The zero-order chi connectivity index (χ0) is 12.8. The normalized spacial score (nSPS) is 16.5. The van der Waals surface area contributed by atoms with E-state index in [0.717, 1.165) is 25.9 Å². The molecule has 1 saturated heterocycles. The van der Waals surface area contributed by atoms with E-state index in [1.807, 2.05) is 0 Å². The zero-order valence-corrected chi connectivity index (χ0v) is 10.3. The number of hydrogen-bond donors (Lipinski definition) is 1. The summed E-state index contributed by atoms with van der Waals surface area (Å²) in [6.07, 6.45) is 2.16. The maximum absolute atomic E-state index is 13.3. The van der Waals surface area contributed by atoms with Gasteiger partial charge >= 0.3 is 0 Å². The number of para-hydroxylation sites is 1. The van der Waals surface area contributed by atoms with E-state index in [4.69, 9.17) is 4.74 Å². The Hall–Kier alpha value is -1.42. The van der Waals surface area contributed by atoms with Crippen LogP contribution in [0.15, 0.2) is 24.3 Å². The summed E-state index contributed by atoms with van der Waals surface area (Å²) < 4.78 is 18.5. The first-order valence-corrected chi connectivity index (χ1v) is 6.38. The summed E-state index contributed by atoms with van der Waals surface area (Å²) in [4.78, 5) is 11.9. The number of hydrogen-bond acceptors (Lipinski definition) is 3. The SMILES string of the molecule is O=C(CCOc1ccccc1F)C1CCNCC1.